The second kappa shape index (κ2) is 4.69. The molecule has 0 saturated heterocycles. The topological polar surface area (TPSA) is 64.0 Å². The van der Waals surface area contributed by atoms with Gasteiger partial charge in [-0.25, -0.2) is 0 Å². The van der Waals surface area contributed by atoms with Crippen LogP contribution in [0.1, 0.15) is 48.8 Å². The molecule has 0 aromatic carbocycles. The molecule has 0 atom stereocenters. The van der Waals surface area contributed by atoms with Crippen molar-refractivity contribution in [3.05, 3.63) is 17.5 Å². The van der Waals surface area contributed by atoms with E-state index in [9.17, 15) is 9.59 Å². The third kappa shape index (κ3) is 2.72. The highest BCUT2D eigenvalue weighted by Gasteiger charge is 2.26. The summed E-state index contributed by atoms with van der Waals surface area (Å²) in [7, 11) is 0. The van der Waals surface area contributed by atoms with E-state index >= 15 is 0 Å². The Morgan fingerprint density at radius 1 is 1.65 bits per heavy atom. The molecule has 0 unspecified atom stereocenters. The first-order chi connectivity index (χ1) is 8.11. The minimum Gasteiger partial charge on any atom is -0.348 e. The number of aromatic nitrogens is 2. The number of carbonyl (C=O) groups is 2. The van der Waals surface area contributed by atoms with Gasteiger partial charge in [0.2, 0.25) is 0 Å². The number of carbonyl (C=O) groups excluding carboxylic acids is 2. The van der Waals surface area contributed by atoms with Gasteiger partial charge in [0, 0.05) is 6.04 Å². The zero-order valence-corrected chi connectivity index (χ0v) is 10.1. The number of amides is 1. The van der Waals surface area contributed by atoms with Gasteiger partial charge in [-0.1, -0.05) is 13.8 Å². The summed E-state index contributed by atoms with van der Waals surface area (Å²) in [4.78, 5) is 22.5. The van der Waals surface area contributed by atoms with Crippen LogP contribution in [0.2, 0.25) is 0 Å². The lowest BCUT2D eigenvalue weighted by atomic mass is 10.1. The number of hydrogen-bond donors (Lipinski definition) is 1. The maximum absolute atomic E-state index is 11.9. The summed E-state index contributed by atoms with van der Waals surface area (Å²) in [5, 5.41) is 7.18. The van der Waals surface area contributed by atoms with Gasteiger partial charge < -0.3 is 10.1 Å². The third-order valence-electron chi connectivity index (χ3n) is 2.78. The van der Waals surface area contributed by atoms with E-state index in [0.717, 1.165) is 24.8 Å². The zero-order chi connectivity index (χ0) is 12.4. The Kier molecular flexibility index (Phi) is 3.26. The van der Waals surface area contributed by atoms with Crippen LogP contribution in [0, 0.1) is 0 Å². The fourth-order valence-corrected chi connectivity index (χ4v) is 1.60. The van der Waals surface area contributed by atoms with Crippen molar-refractivity contribution in [2.75, 3.05) is 0 Å². The summed E-state index contributed by atoms with van der Waals surface area (Å²) >= 11 is 0. The van der Waals surface area contributed by atoms with Gasteiger partial charge in [-0.3, -0.25) is 9.48 Å². The molecule has 0 radical (unpaired) electrons. The monoisotopic (exact) mass is 235 g/mol. The molecule has 1 saturated carbocycles. The third-order valence-corrected chi connectivity index (χ3v) is 2.78. The summed E-state index contributed by atoms with van der Waals surface area (Å²) in [5.41, 5.74) is 1.32. The van der Waals surface area contributed by atoms with Gasteiger partial charge in [-0.15, -0.1) is 0 Å². The normalized spacial score (nSPS) is 15.0. The van der Waals surface area contributed by atoms with Gasteiger partial charge in [0.15, 0.2) is 0 Å². The van der Waals surface area contributed by atoms with Crippen LogP contribution >= 0.6 is 0 Å². The number of hydrogen-bond acceptors (Lipinski definition) is 3. The molecule has 0 spiro atoms. The van der Waals surface area contributed by atoms with Crippen LogP contribution in [-0.2, 0) is 11.3 Å². The SMILES string of the molecule is CC(C)c1cc(C(=O)NC2CC2)n(CC=O)n1. The second-order valence-electron chi connectivity index (χ2n) is 4.71. The van der Waals surface area contributed by atoms with Gasteiger partial charge in [-0.05, 0) is 24.8 Å². The van der Waals surface area contributed by atoms with E-state index in [1.54, 1.807) is 6.07 Å². The second-order valence-corrected chi connectivity index (χ2v) is 4.71. The Morgan fingerprint density at radius 3 is 2.88 bits per heavy atom. The molecule has 0 aliphatic heterocycles. The molecule has 1 aromatic heterocycles. The van der Waals surface area contributed by atoms with Crippen molar-refractivity contribution in [3.63, 3.8) is 0 Å². The van der Waals surface area contributed by atoms with E-state index in [1.807, 2.05) is 13.8 Å². The van der Waals surface area contributed by atoms with Crippen LogP contribution in [0.15, 0.2) is 6.07 Å². The molecule has 5 heteroatoms. The maximum Gasteiger partial charge on any atom is 0.269 e. The first kappa shape index (κ1) is 11.8. The minimum absolute atomic E-state index is 0.125. The van der Waals surface area contributed by atoms with E-state index in [2.05, 4.69) is 10.4 Å². The van der Waals surface area contributed by atoms with Crippen molar-refractivity contribution in [2.45, 2.75) is 45.2 Å². The molecule has 1 amide bonds. The standard InChI is InChI=1S/C12H17N3O2/c1-8(2)10-7-11(15(14-10)5-6-16)12(17)13-9-3-4-9/h6-9H,3-5H2,1-2H3,(H,13,17). The molecule has 1 fully saturated rings. The molecule has 1 aliphatic carbocycles. The van der Waals surface area contributed by atoms with E-state index in [-0.39, 0.29) is 18.4 Å². The highest BCUT2D eigenvalue weighted by Crippen LogP contribution is 2.20. The first-order valence-corrected chi connectivity index (χ1v) is 5.94. The van der Waals surface area contributed by atoms with Gasteiger partial charge >= 0.3 is 0 Å². The Labute approximate surface area is 100 Å². The van der Waals surface area contributed by atoms with Crippen molar-refractivity contribution in [2.24, 2.45) is 0 Å². The number of aldehydes is 1. The van der Waals surface area contributed by atoms with Crippen LogP contribution in [0.4, 0.5) is 0 Å². The predicted octanol–water partition coefficient (Wildman–Crippen LogP) is 1.10. The van der Waals surface area contributed by atoms with E-state index in [0.29, 0.717) is 11.7 Å². The molecule has 5 nitrogen and oxygen atoms in total. The van der Waals surface area contributed by atoms with Crippen molar-refractivity contribution in [3.8, 4) is 0 Å². The highest BCUT2D eigenvalue weighted by molar-refractivity contribution is 5.93. The molecule has 2 rings (SSSR count). The van der Waals surface area contributed by atoms with Crippen LogP contribution in [0.25, 0.3) is 0 Å². The fraction of sp³-hybridized carbons (Fsp3) is 0.583. The Hall–Kier alpha value is -1.65. The maximum atomic E-state index is 11.9. The minimum atomic E-state index is -0.131. The van der Waals surface area contributed by atoms with Crippen molar-refractivity contribution >= 4 is 12.2 Å². The number of rotatable bonds is 5. The molecular formula is C12H17N3O2. The number of nitrogens with one attached hydrogen (secondary N) is 1. The van der Waals surface area contributed by atoms with E-state index < -0.39 is 0 Å². The lowest BCUT2D eigenvalue weighted by molar-refractivity contribution is -0.108. The fourth-order valence-electron chi connectivity index (χ4n) is 1.60. The van der Waals surface area contributed by atoms with Gasteiger partial charge in [0.05, 0.1) is 12.2 Å². The highest BCUT2D eigenvalue weighted by atomic mass is 16.2. The molecule has 17 heavy (non-hydrogen) atoms. The molecule has 1 N–H and O–H groups in total. The van der Waals surface area contributed by atoms with E-state index in [1.165, 1.54) is 4.68 Å². The predicted molar refractivity (Wildman–Crippen MR) is 62.9 cm³/mol. The van der Waals surface area contributed by atoms with E-state index in [4.69, 9.17) is 0 Å². The van der Waals surface area contributed by atoms with Crippen LogP contribution < -0.4 is 5.32 Å². The first-order valence-electron chi connectivity index (χ1n) is 5.94. The van der Waals surface area contributed by atoms with Gasteiger partial charge in [0.25, 0.3) is 5.91 Å². The molecule has 92 valence electrons. The lowest BCUT2D eigenvalue weighted by Crippen LogP contribution is -2.28. The quantitative estimate of drug-likeness (QED) is 0.777. The van der Waals surface area contributed by atoms with Crippen molar-refractivity contribution < 1.29 is 9.59 Å². The largest absolute Gasteiger partial charge is 0.348 e. The smallest absolute Gasteiger partial charge is 0.269 e. The average Bonchev–Trinajstić information content (AvgIpc) is 2.96. The lowest BCUT2D eigenvalue weighted by Gasteiger charge is -2.04. The molecule has 1 aromatic rings. The van der Waals surface area contributed by atoms with Crippen molar-refractivity contribution in [1.82, 2.24) is 15.1 Å². The Morgan fingerprint density at radius 2 is 2.35 bits per heavy atom. The molecule has 1 heterocycles. The van der Waals surface area contributed by atoms with Crippen LogP contribution in [0.3, 0.4) is 0 Å². The summed E-state index contributed by atoms with van der Waals surface area (Å²) in [6, 6.07) is 2.08. The average molecular weight is 235 g/mol. The van der Waals surface area contributed by atoms with Crippen LogP contribution in [0.5, 0.6) is 0 Å². The summed E-state index contributed by atoms with van der Waals surface area (Å²) in [6.45, 7) is 4.15. The Bertz CT molecular complexity index is 433. The summed E-state index contributed by atoms with van der Waals surface area (Å²) in [6.07, 6.45) is 2.85. The summed E-state index contributed by atoms with van der Waals surface area (Å²) in [5.74, 6) is 0.115. The van der Waals surface area contributed by atoms with Crippen molar-refractivity contribution in [1.29, 1.82) is 0 Å². The summed E-state index contributed by atoms with van der Waals surface area (Å²) < 4.78 is 1.47. The molecule has 0 bridgehead atoms. The number of nitrogens with zero attached hydrogens (tertiary/aromatic N) is 2. The van der Waals surface area contributed by atoms with Gasteiger partial charge in [0.1, 0.15) is 12.0 Å². The van der Waals surface area contributed by atoms with Gasteiger partial charge in [-0.2, -0.15) is 5.10 Å². The molecular weight excluding hydrogens is 218 g/mol. The molecule has 1 aliphatic rings. The zero-order valence-electron chi connectivity index (χ0n) is 10.1. The Balaban J connectivity index is 2.22. The van der Waals surface area contributed by atoms with Crippen LogP contribution in [-0.4, -0.2) is 28.0 Å².